The van der Waals surface area contributed by atoms with Crippen LogP contribution in [0.3, 0.4) is 0 Å². The van der Waals surface area contributed by atoms with Crippen LogP contribution in [0.1, 0.15) is 60.3 Å². The lowest BCUT2D eigenvalue weighted by molar-refractivity contribution is -0.141. The lowest BCUT2D eigenvalue weighted by Crippen LogP contribution is -2.44. The first-order valence-electron chi connectivity index (χ1n) is 11.2. The summed E-state index contributed by atoms with van der Waals surface area (Å²) in [6.07, 6.45) is 4.20. The van der Waals surface area contributed by atoms with E-state index in [0.717, 1.165) is 30.3 Å². The van der Waals surface area contributed by atoms with Crippen LogP contribution in [0.25, 0.3) is 0 Å². The van der Waals surface area contributed by atoms with Crippen LogP contribution in [0.5, 0.6) is 5.75 Å². The maximum Gasteiger partial charge on any atom is 0.256 e. The molecule has 1 aliphatic heterocycles. The maximum absolute atomic E-state index is 12.9. The van der Waals surface area contributed by atoms with E-state index in [1.165, 1.54) is 25.9 Å². The average Bonchev–Trinajstić information content (AvgIpc) is 2.67. The Bertz CT molecular complexity index is 617. The van der Waals surface area contributed by atoms with Gasteiger partial charge in [0.2, 0.25) is 0 Å². The Balaban J connectivity index is 1.84. The molecule has 0 bridgehead atoms. The number of nitrogens with zero attached hydrogens (tertiary/aromatic N) is 1. The highest BCUT2D eigenvalue weighted by molar-refractivity contribution is 5.97. The zero-order chi connectivity index (χ0) is 21.3. The minimum Gasteiger partial charge on any atom is -0.492 e. The third-order valence-corrected chi connectivity index (χ3v) is 5.43. The second-order valence-electron chi connectivity index (χ2n) is 9.05. The summed E-state index contributed by atoms with van der Waals surface area (Å²) in [5.41, 5.74) is -0.0486. The molecule has 1 aliphatic rings. The van der Waals surface area contributed by atoms with Crippen molar-refractivity contribution in [3.63, 3.8) is 0 Å². The van der Waals surface area contributed by atoms with E-state index in [1.54, 1.807) is 0 Å². The first kappa shape index (κ1) is 23.7. The van der Waals surface area contributed by atoms with E-state index in [9.17, 15) is 4.79 Å². The first-order valence-corrected chi connectivity index (χ1v) is 11.2. The van der Waals surface area contributed by atoms with Gasteiger partial charge in [-0.25, -0.2) is 0 Å². The molecule has 164 valence electrons. The number of anilines is 1. The predicted octanol–water partition coefficient (Wildman–Crippen LogP) is 4.97. The summed E-state index contributed by atoms with van der Waals surface area (Å²) in [5.74, 6) is 1.91. The van der Waals surface area contributed by atoms with Gasteiger partial charge in [-0.05, 0) is 75.3 Å². The Morgan fingerprint density at radius 1 is 1.28 bits per heavy atom. The highest BCUT2D eigenvalue weighted by Gasteiger charge is 2.34. The summed E-state index contributed by atoms with van der Waals surface area (Å²) in [5, 5.41) is 3.01. The molecule has 1 heterocycles. The van der Waals surface area contributed by atoms with E-state index < -0.39 is 5.60 Å². The zero-order valence-electron chi connectivity index (χ0n) is 19.0. The van der Waals surface area contributed by atoms with Crippen molar-refractivity contribution in [2.24, 2.45) is 11.8 Å². The molecule has 0 radical (unpaired) electrons. The van der Waals surface area contributed by atoms with Gasteiger partial charge in [0, 0.05) is 25.4 Å². The summed E-state index contributed by atoms with van der Waals surface area (Å²) in [6, 6.07) is 7.62. The number of likely N-dealkylation sites (tertiary alicyclic amines) is 1. The van der Waals surface area contributed by atoms with E-state index in [-0.39, 0.29) is 5.91 Å². The largest absolute Gasteiger partial charge is 0.492 e. The molecule has 29 heavy (non-hydrogen) atoms. The fourth-order valence-electron chi connectivity index (χ4n) is 4.00. The van der Waals surface area contributed by atoms with Crippen LogP contribution in [0, 0.1) is 11.8 Å². The molecule has 1 aromatic rings. The molecule has 1 amide bonds. The van der Waals surface area contributed by atoms with Crippen molar-refractivity contribution in [1.29, 1.82) is 0 Å². The van der Waals surface area contributed by atoms with Gasteiger partial charge in [0.05, 0.1) is 0 Å². The van der Waals surface area contributed by atoms with Crippen LogP contribution >= 0.6 is 0 Å². The average molecular weight is 405 g/mol. The van der Waals surface area contributed by atoms with Crippen LogP contribution in [-0.2, 0) is 9.53 Å². The summed E-state index contributed by atoms with van der Waals surface area (Å²) in [4.78, 5) is 15.3. The van der Waals surface area contributed by atoms with Crippen molar-refractivity contribution >= 4 is 11.6 Å². The minimum absolute atomic E-state index is 0.0902. The molecule has 1 N–H and O–H groups in total. The van der Waals surface area contributed by atoms with E-state index in [0.29, 0.717) is 25.6 Å². The lowest BCUT2D eigenvalue weighted by atomic mass is 9.93. The van der Waals surface area contributed by atoms with E-state index in [2.05, 4.69) is 37.9 Å². The second-order valence-corrected chi connectivity index (χ2v) is 9.05. The Morgan fingerprint density at radius 2 is 2.00 bits per heavy atom. The third kappa shape index (κ3) is 7.98. The van der Waals surface area contributed by atoms with Crippen LogP contribution in [0.15, 0.2) is 24.3 Å². The molecule has 1 saturated heterocycles. The Labute approximate surface area is 177 Å². The number of hydrogen-bond donors (Lipinski definition) is 1. The third-order valence-electron chi connectivity index (χ3n) is 5.43. The molecule has 1 fully saturated rings. The van der Waals surface area contributed by atoms with Crippen molar-refractivity contribution in [1.82, 2.24) is 4.90 Å². The number of ether oxygens (including phenoxy) is 2. The molecular weight excluding hydrogens is 364 g/mol. The topological polar surface area (TPSA) is 50.8 Å². The second kappa shape index (κ2) is 11.6. The Kier molecular flexibility index (Phi) is 9.44. The quantitative estimate of drug-likeness (QED) is 0.566. The summed E-state index contributed by atoms with van der Waals surface area (Å²) < 4.78 is 11.8. The van der Waals surface area contributed by atoms with Gasteiger partial charge >= 0.3 is 0 Å². The van der Waals surface area contributed by atoms with Crippen molar-refractivity contribution in [3.8, 4) is 5.75 Å². The molecule has 0 unspecified atom stereocenters. The van der Waals surface area contributed by atoms with Gasteiger partial charge in [0.1, 0.15) is 18.0 Å². The van der Waals surface area contributed by atoms with E-state index in [4.69, 9.17) is 9.47 Å². The standard InChI is InChI=1S/C24H40N2O3/c1-6-15-29-24(5,17-19(2)3)23(27)25-21-9-11-22(12-10-21)28-16-14-26-13-7-8-20(4)18-26/h9-12,19-20H,6-8,13-18H2,1-5H3,(H,25,27)/t20-,24-/m0/s1. The SMILES string of the molecule is CCCO[C@@](C)(CC(C)C)C(=O)Nc1ccc(OCCN2CCC[C@H](C)C2)cc1. The van der Waals surface area contributed by atoms with Gasteiger partial charge in [-0.1, -0.05) is 27.7 Å². The Hall–Kier alpha value is -1.59. The number of piperidine rings is 1. The molecule has 0 aromatic heterocycles. The van der Waals surface area contributed by atoms with Crippen LogP contribution in [-0.4, -0.2) is 49.3 Å². The summed E-state index contributed by atoms with van der Waals surface area (Å²) in [7, 11) is 0. The minimum atomic E-state index is -0.815. The molecular formula is C24H40N2O3. The van der Waals surface area contributed by atoms with Gasteiger partial charge in [-0.15, -0.1) is 0 Å². The van der Waals surface area contributed by atoms with Crippen molar-refractivity contribution in [2.45, 2.75) is 65.9 Å². The molecule has 2 rings (SSSR count). The molecule has 0 spiro atoms. The zero-order valence-corrected chi connectivity index (χ0v) is 19.0. The van der Waals surface area contributed by atoms with Crippen molar-refractivity contribution < 1.29 is 14.3 Å². The van der Waals surface area contributed by atoms with Crippen molar-refractivity contribution in [2.75, 3.05) is 38.2 Å². The van der Waals surface area contributed by atoms with Crippen molar-refractivity contribution in [3.05, 3.63) is 24.3 Å². The fourth-order valence-corrected chi connectivity index (χ4v) is 4.00. The van der Waals surface area contributed by atoms with Gasteiger partial charge < -0.3 is 14.8 Å². The number of rotatable bonds is 11. The normalized spacial score (nSPS) is 19.7. The molecule has 2 atom stereocenters. The Morgan fingerprint density at radius 3 is 2.62 bits per heavy atom. The number of benzene rings is 1. The summed E-state index contributed by atoms with van der Waals surface area (Å²) in [6.45, 7) is 15.1. The molecule has 0 aliphatic carbocycles. The molecule has 5 heteroatoms. The smallest absolute Gasteiger partial charge is 0.256 e. The van der Waals surface area contributed by atoms with Gasteiger partial charge in [-0.2, -0.15) is 0 Å². The predicted molar refractivity (Wildman–Crippen MR) is 120 cm³/mol. The lowest BCUT2D eigenvalue weighted by Gasteiger charge is -2.30. The van der Waals surface area contributed by atoms with Crippen LogP contribution in [0.4, 0.5) is 5.69 Å². The van der Waals surface area contributed by atoms with E-state index in [1.807, 2.05) is 31.2 Å². The maximum atomic E-state index is 12.9. The number of nitrogens with one attached hydrogen (secondary N) is 1. The number of hydrogen-bond acceptors (Lipinski definition) is 4. The summed E-state index contributed by atoms with van der Waals surface area (Å²) >= 11 is 0. The fraction of sp³-hybridized carbons (Fsp3) is 0.708. The first-order chi connectivity index (χ1) is 13.8. The van der Waals surface area contributed by atoms with Gasteiger partial charge in [0.15, 0.2) is 0 Å². The molecule has 5 nitrogen and oxygen atoms in total. The van der Waals surface area contributed by atoms with E-state index >= 15 is 0 Å². The molecule has 1 aromatic carbocycles. The number of carbonyl (C=O) groups is 1. The van der Waals surface area contributed by atoms with Gasteiger partial charge in [0.25, 0.3) is 5.91 Å². The number of carbonyl (C=O) groups excluding carboxylic acids is 1. The number of amides is 1. The molecule has 0 saturated carbocycles. The highest BCUT2D eigenvalue weighted by Crippen LogP contribution is 2.24. The highest BCUT2D eigenvalue weighted by atomic mass is 16.5. The van der Waals surface area contributed by atoms with Crippen LogP contribution in [0.2, 0.25) is 0 Å². The monoisotopic (exact) mass is 404 g/mol. The van der Waals surface area contributed by atoms with Crippen LogP contribution < -0.4 is 10.1 Å². The van der Waals surface area contributed by atoms with Gasteiger partial charge in [-0.3, -0.25) is 9.69 Å².